The van der Waals surface area contributed by atoms with Gasteiger partial charge in [-0.2, -0.15) is 0 Å². The molecule has 0 fully saturated rings. The van der Waals surface area contributed by atoms with Crippen LogP contribution in [0.5, 0.6) is 5.75 Å². The van der Waals surface area contributed by atoms with Crippen LogP contribution in [-0.4, -0.2) is 20.1 Å². The molecule has 0 saturated heterocycles. The number of para-hydroxylation sites is 2. The molecule has 3 aromatic rings. The third-order valence-corrected chi connectivity index (χ3v) is 3.74. The van der Waals surface area contributed by atoms with Crippen LogP contribution >= 0.6 is 0 Å². The number of aromatic hydroxyl groups is 1. The lowest BCUT2D eigenvalue weighted by Crippen LogP contribution is -2.03. The summed E-state index contributed by atoms with van der Waals surface area (Å²) in [5, 5.41) is 18.8. The van der Waals surface area contributed by atoms with Crippen molar-refractivity contribution in [2.24, 2.45) is 0 Å². The molecule has 4 nitrogen and oxygen atoms in total. The van der Waals surface area contributed by atoms with E-state index in [2.05, 4.69) is 17.2 Å². The van der Waals surface area contributed by atoms with Gasteiger partial charge in [-0.3, -0.25) is 0 Å². The molecule has 0 aliphatic rings. The summed E-state index contributed by atoms with van der Waals surface area (Å²) in [4.78, 5) is 0. The van der Waals surface area contributed by atoms with Gasteiger partial charge in [-0.1, -0.05) is 48.9 Å². The van der Waals surface area contributed by atoms with E-state index in [0.29, 0.717) is 12.3 Å². The molecule has 0 saturated carbocycles. The number of nitrogens with zero attached hydrogens (tertiary/aromatic N) is 3. The van der Waals surface area contributed by atoms with Crippen LogP contribution in [-0.2, 0) is 13.0 Å². The number of rotatable bonds is 5. The molecule has 1 aromatic heterocycles. The fourth-order valence-electron chi connectivity index (χ4n) is 2.54. The van der Waals surface area contributed by atoms with E-state index in [0.717, 1.165) is 41.4 Å². The predicted octanol–water partition coefficient (Wildman–Crippen LogP) is 3.53. The number of unbranched alkanes of at least 4 members (excludes halogenated alkanes) is 1. The number of hydrogen-bond donors (Lipinski definition) is 1. The van der Waals surface area contributed by atoms with Crippen LogP contribution in [0, 0.1) is 0 Å². The first-order valence-corrected chi connectivity index (χ1v) is 7.37. The Hall–Kier alpha value is -2.36. The average molecular weight is 281 g/mol. The smallest absolute Gasteiger partial charge is 0.123 e. The quantitative estimate of drug-likeness (QED) is 0.778. The highest BCUT2D eigenvalue weighted by Crippen LogP contribution is 2.25. The number of phenolic OH excluding ortho intramolecular Hbond substituents is 1. The number of fused-ring (bicyclic) bond motifs is 1. The molecule has 0 radical (unpaired) electrons. The van der Waals surface area contributed by atoms with E-state index in [9.17, 15) is 5.11 Å². The summed E-state index contributed by atoms with van der Waals surface area (Å²) in [6.45, 7) is 2.69. The highest BCUT2D eigenvalue weighted by atomic mass is 16.3. The Morgan fingerprint density at radius 3 is 2.71 bits per heavy atom. The zero-order chi connectivity index (χ0) is 14.7. The molecule has 108 valence electrons. The third-order valence-electron chi connectivity index (χ3n) is 3.74. The fraction of sp³-hybridized carbons (Fsp3) is 0.294. The van der Waals surface area contributed by atoms with Crippen LogP contribution in [0.15, 0.2) is 42.5 Å². The lowest BCUT2D eigenvalue weighted by Gasteiger charge is -2.10. The molecule has 0 aliphatic carbocycles. The van der Waals surface area contributed by atoms with Gasteiger partial charge in [0.25, 0.3) is 0 Å². The summed E-state index contributed by atoms with van der Waals surface area (Å²) in [5.74, 6) is 0.394. The van der Waals surface area contributed by atoms with Gasteiger partial charge >= 0.3 is 0 Å². The van der Waals surface area contributed by atoms with Crippen molar-refractivity contribution in [1.82, 2.24) is 15.0 Å². The Morgan fingerprint density at radius 2 is 1.86 bits per heavy atom. The molecule has 0 amide bonds. The topological polar surface area (TPSA) is 50.9 Å². The van der Waals surface area contributed by atoms with Crippen molar-refractivity contribution < 1.29 is 5.11 Å². The Kier molecular flexibility index (Phi) is 3.86. The van der Waals surface area contributed by atoms with Crippen molar-refractivity contribution in [2.45, 2.75) is 32.7 Å². The first kappa shape index (κ1) is 13.6. The van der Waals surface area contributed by atoms with Gasteiger partial charge in [0.2, 0.25) is 0 Å². The number of benzene rings is 2. The number of hydrogen-bond acceptors (Lipinski definition) is 3. The molecule has 0 spiro atoms. The molecule has 1 N–H and O–H groups in total. The van der Waals surface area contributed by atoms with Gasteiger partial charge in [0.05, 0.1) is 12.1 Å². The zero-order valence-corrected chi connectivity index (χ0v) is 12.2. The van der Waals surface area contributed by atoms with Crippen LogP contribution in [0.1, 0.15) is 30.9 Å². The molecule has 0 bridgehead atoms. The van der Waals surface area contributed by atoms with Gasteiger partial charge in [0, 0.05) is 5.56 Å². The minimum absolute atomic E-state index is 0.394. The molecule has 0 atom stereocenters. The van der Waals surface area contributed by atoms with E-state index in [-0.39, 0.29) is 0 Å². The maximum Gasteiger partial charge on any atom is 0.123 e. The van der Waals surface area contributed by atoms with Gasteiger partial charge in [0.15, 0.2) is 0 Å². The van der Waals surface area contributed by atoms with Crippen molar-refractivity contribution >= 4 is 11.0 Å². The Labute approximate surface area is 124 Å². The summed E-state index contributed by atoms with van der Waals surface area (Å²) in [6, 6.07) is 13.8. The van der Waals surface area contributed by atoms with E-state index in [1.54, 1.807) is 0 Å². The zero-order valence-electron chi connectivity index (χ0n) is 12.2. The lowest BCUT2D eigenvalue weighted by atomic mass is 10.0. The highest BCUT2D eigenvalue weighted by Gasteiger charge is 2.10. The molecular formula is C17H19N3O. The largest absolute Gasteiger partial charge is 0.507 e. The maximum absolute atomic E-state index is 10.4. The van der Waals surface area contributed by atoms with E-state index >= 15 is 0 Å². The van der Waals surface area contributed by atoms with E-state index in [1.165, 1.54) is 0 Å². The molecule has 4 heteroatoms. The van der Waals surface area contributed by atoms with E-state index < -0.39 is 0 Å². The summed E-state index contributed by atoms with van der Waals surface area (Å²) in [7, 11) is 0. The summed E-state index contributed by atoms with van der Waals surface area (Å²) < 4.78 is 1.83. The molecule has 0 unspecified atom stereocenters. The maximum atomic E-state index is 10.4. The summed E-state index contributed by atoms with van der Waals surface area (Å²) >= 11 is 0. The van der Waals surface area contributed by atoms with Crippen LogP contribution < -0.4 is 0 Å². The van der Waals surface area contributed by atoms with Crippen molar-refractivity contribution in [2.75, 3.05) is 0 Å². The SMILES string of the molecule is CCCCc1cccc(Cn2nnc3ccccc32)c1O. The highest BCUT2D eigenvalue weighted by molar-refractivity contribution is 5.73. The van der Waals surface area contributed by atoms with Crippen LogP contribution in [0.3, 0.4) is 0 Å². The number of aromatic nitrogens is 3. The van der Waals surface area contributed by atoms with Crippen molar-refractivity contribution in [1.29, 1.82) is 0 Å². The van der Waals surface area contributed by atoms with Crippen LogP contribution in [0.2, 0.25) is 0 Å². The monoisotopic (exact) mass is 281 g/mol. The predicted molar refractivity (Wildman–Crippen MR) is 83.3 cm³/mol. The summed E-state index contributed by atoms with van der Waals surface area (Å²) in [5.41, 5.74) is 3.76. The van der Waals surface area contributed by atoms with E-state index in [1.807, 2.05) is 47.1 Å². The molecule has 1 heterocycles. The Morgan fingerprint density at radius 1 is 1.05 bits per heavy atom. The third kappa shape index (κ3) is 2.75. The fourth-order valence-corrected chi connectivity index (χ4v) is 2.54. The van der Waals surface area contributed by atoms with Gasteiger partial charge in [0.1, 0.15) is 11.3 Å². The van der Waals surface area contributed by atoms with Gasteiger partial charge in [-0.05, 0) is 30.5 Å². The van der Waals surface area contributed by atoms with Gasteiger partial charge < -0.3 is 5.11 Å². The Bertz CT molecular complexity index is 749. The first-order valence-electron chi connectivity index (χ1n) is 7.37. The molecule has 21 heavy (non-hydrogen) atoms. The van der Waals surface area contributed by atoms with Crippen molar-refractivity contribution in [3.05, 3.63) is 53.6 Å². The van der Waals surface area contributed by atoms with Gasteiger partial charge in [-0.25, -0.2) is 4.68 Å². The molecular weight excluding hydrogens is 262 g/mol. The lowest BCUT2D eigenvalue weighted by molar-refractivity contribution is 0.455. The molecule has 0 aliphatic heterocycles. The van der Waals surface area contributed by atoms with Crippen molar-refractivity contribution in [3.8, 4) is 5.75 Å². The Balaban J connectivity index is 1.91. The van der Waals surface area contributed by atoms with Crippen LogP contribution in [0.25, 0.3) is 11.0 Å². The van der Waals surface area contributed by atoms with Gasteiger partial charge in [-0.15, -0.1) is 5.10 Å². The number of phenols is 1. The molecule has 2 aromatic carbocycles. The average Bonchev–Trinajstić information content (AvgIpc) is 2.91. The first-order chi connectivity index (χ1) is 10.3. The van der Waals surface area contributed by atoms with Crippen molar-refractivity contribution in [3.63, 3.8) is 0 Å². The molecule has 3 rings (SSSR count). The normalized spacial score (nSPS) is 11.1. The minimum Gasteiger partial charge on any atom is -0.507 e. The van der Waals surface area contributed by atoms with Crippen LogP contribution in [0.4, 0.5) is 0 Å². The standard InChI is InChI=1S/C17H19N3O/c1-2-3-7-13-8-6-9-14(17(13)21)12-20-16-11-5-4-10-15(16)18-19-20/h4-6,8-11,21H,2-3,7,12H2,1H3. The van der Waals surface area contributed by atoms with E-state index in [4.69, 9.17) is 0 Å². The number of aryl methyl sites for hydroxylation is 1. The minimum atomic E-state index is 0.394. The summed E-state index contributed by atoms with van der Waals surface area (Å²) in [6.07, 6.45) is 3.12. The second-order valence-corrected chi connectivity index (χ2v) is 5.26. The second kappa shape index (κ2) is 5.95. The second-order valence-electron chi connectivity index (χ2n) is 5.26.